The highest BCUT2D eigenvalue weighted by atomic mass is 35.5. The Morgan fingerprint density at radius 2 is 2.04 bits per heavy atom. The van der Waals surface area contributed by atoms with Gasteiger partial charge in [-0.15, -0.1) is 16.4 Å². The van der Waals surface area contributed by atoms with E-state index in [1.54, 1.807) is 26.9 Å². The second-order valence-corrected chi connectivity index (χ2v) is 7.23. The normalized spacial score (nSPS) is 11.8. The Morgan fingerprint density at radius 3 is 2.85 bits per heavy atom. The van der Waals surface area contributed by atoms with Gasteiger partial charge in [0.1, 0.15) is 23.5 Å². The van der Waals surface area contributed by atoms with E-state index in [2.05, 4.69) is 25.3 Å². The minimum atomic E-state index is 0.475. The van der Waals surface area contributed by atoms with Crippen molar-refractivity contribution in [2.24, 2.45) is 0 Å². The van der Waals surface area contributed by atoms with Gasteiger partial charge in [-0.3, -0.25) is 4.68 Å². The lowest BCUT2D eigenvalue weighted by atomic mass is 10.4. The van der Waals surface area contributed by atoms with Crippen molar-refractivity contribution in [1.82, 2.24) is 39.1 Å². The van der Waals surface area contributed by atoms with E-state index < -0.39 is 0 Å². The zero-order valence-corrected chi connectivity index (χ0v) is 15.5. The summed E-state index contributed by atoms with van der Waals surface area (Å²) in [5.74, 6) is 0.565. The smallest absolute Gasteiger partial charge is 0.202 e. The third-order valence-corrected chi connectivity index (χ3v) is 5.61. The van der Waals surface area contributed by atoms with Crippen LogP contribution in [0.5, 0.6) is 0 Å². The highest BCUT2D eigenvalue weighted by Gasteiger charge is 2.14. The van der Waals surface area contributed by atoms with Gasteiger partial charge in [0, 0.05) is 6.20 Å². The fraction of sp³-hybridized carbons (Fsp3) is 0.188. The number of aromatic nitrogens is 8. The molecule has 0 spiro atoms. The van der Waals surface area contributed by atoms with Gasteiger partial charge >= 0.3 is 0 Å². The Bertz CT molecular complexity index is 1260. The van der Waals surface area contributed by atoms with Crippen LogP contribution in [0.4, 0.5) is 0 Å². The predicted molar refractivity (Wildman–Crippen MR) is 99.5 cm³/mol. The van der Waals surface area contributed by atoms with Crippen LogP contribution >= 0.6 is 22.9 Å². The van der Waals surface area contributed by atoms with Crippen LogP contribution in [0.2, 0.25) is 5.02 Å². The zero-order chi connectivity index (χ0) is 17.8. The number of hydrogen-bond donors (Lipinski definition) is 0. The summed E-state index contributed by atoms with van der Waals surface area (Å²) in [5, 5.41) is 17.2. The molecule has 0 aromatic carbocycles. The molecule has 0 radical (unpaired) electrons. The number of aryl methyl sites for hydroxylation is 1. The molecule has 0 unspecified atom stereocenters. The van der Waals surface area contributed by atoms with Crippen molar-refractivity contribution in [2.45, 2.75) is 20.5 Å². The molecule has 0 atom stereocenters. The summed E-state index contributed by atoms with van der Waals surface area (Å²) in [6.45, 7) is 4.30. The summed E-state index contributed by atoms with van der Waals surface area (Å²) in [6.07, 6.45) is 3.56. The Kier molecular flexibility index (Phi) is 3.34. The van der Waals surface area contributed by atoms with Crippen molar-refractivity contribution >= 4 is 38.8 Å². The summed E-state index contributed by atoms with van der Waals surface area (Å²) in [4.78, 5) is 9.97. The topological polar surface area (TPSA) is 78.7 Å². The Balaban J connectivity index is 1.51. The van der Waals surface area contributed by atoms with Gasteiger partial charge < -0.3 is 0 Å². The molecule has 10 heteroatoms. The lowest BCUT2D eigenvalue weighted by Gasteiger charge is -2.04. The molecule has 0 saturated carbocycles. The monoisotopic (exact) mass is 384 g/mol. The van der Waals surface area contributed by atoms with Gasteiger partial charge in [0.25, 0.3) is 0 Å². The van der Waals surface area contributed by atoms with Crippen LogP contribution in [0, 0.1) is 13.8 Å². The molecule has 0 aliphatic heterocycles. The van der Waals surface area contributed by atoms with Gasteiger partial charge in [-0.25, -0.2) is 19.2 Å². The second-order valence-electron chi connectivity index (χ2n) is 5.95. The van der Waals surface area contributed by atoms with Crippen LogP contribution in [0.3, 0.4) is 0 Å². The van der Waals surface area contributed by atoms with Crippen molar-refractivity contribution in [2.75, 3.05) is 0 Å². The fourth-order valence-electron chi connectivity index (χ4n) is 2.88. The zero-order valence-electron chi connectivity index (χ0n) is 14.0. The van der Waals surface area contributed by atoms with Crippen LogP contribution in [0.1, 0.15) is 11.4 Å². The quantitative estimate of drug-likeness (QED) is 0.477. The third kappa shape index (κ3) is 2.31. The fourth-order valence-corrected chi connectivity index (χ4v) is 3.75. The maximum atomic E-state index is 6.21. The first-order chi connectivity index (χ1) is 12.6. The van der Waals surface area contributed by atoms with Gasteiger partial charge in [0.2, 0.25) is 5.82 Å². The Labute approximate surface area is 156 Å². The first kappa shape index (κ1) is 15.5. The first-order valence-corrected chi connectivity index (χ1v) is 9.18. The van der Waals surface area contributed by atoms with Crippen molar-refractivity contribution < 1.29 is 0 Å². The molecule has 8 nitrogen and oxygen atoms in total. The third-order valence-electron chi connectivity index (χ3n) is 4.24. The molecule has 5 aromatic heterocycles. The van der Waals surface area contributed by atoms with E-state index in [1.807, 2.05) is 42.2 Å². The van der Waals surface area contributed by atoms with Gasteiger partial charge in [-0.2, -0.15) is 10.2 Å². The summed E-state index contributed by atoms with van der Waals surface area (Å²) in [5.41, 5.74) is 3.21. The molecular weight excluding hydrogens is 372 g/mol. The van der Waals surface area contributed by atoms with E-state index in [0.717, 1.165) is 27.3 Å². The molecular formula is C16H13ClN8S. The Hall–Kier alpha value is -2.78. The maximum Gasteiger partial charge on any atom is 0.202 e. The summed E-state index contributed by atoms with van der Waals surface area (Å²) in [6, 6.07) is 3.90. The van der Waals surface area contributed by atoms with Crippen LogP contribution in [0.25, 0.3) is 27.4 Å². The predicted octanol–water partition coefficient (Wildman–Crippen LogP) is 3.18. The first-order valence-electron chi connectivity index (χ1n) is 7.92. The number of thiophene rings is 1. The second kappa shape index (κ2) is 5.61. The molecule has 0 aliphatic rings. The van der Waals surface area contributed by atoms with Crippen LogP contribution < -0.4 is 0 Å². The van der Waals surface area contributed by atoms with E-state index in [0.29, 0.717) is 23.2 Å². The van der Waals surface area contributed by atoms with E-state index in [4.69, 9.17) is 11.6 Å². The Morgan fingerprint density at radius 1 is 1.15 bits per heavy atom. The van der Waals surface area contributed by atoms with Crippen molar-refractivity contribution in [3.63, 3.8) is 0 Å². The molecule has 26 heavy (non-hydrogen) atoms. The van der Waals surface area contributed by atoms with E-state index >= 15 is 0 Å². The number of nitrogens with zero attached hydrogens (tertiary/aromatic N) is 8. The molecule has 5 heterocycles. The highest BCUT2D eigenvalue weighted by Crippen LogP contribution is 2.24. The molecule has 0 N–H and O–H groups in total. The molecule has 0 fully saturated rings. The van der Waals surface area contributed by atoms with Crippen molar-refractivity contribution in [3.8, 4) is 11.5 Å². The number of halogens is 1. The van der Waals surface area contributed by atoms with Crippen LogP contribution in [-0.4, -0.2) is 39.1 Å². The lowest BCUT2D eigenvalue weighted by molar-refractivity contribution is 0.492. The molecule has 130 valence electrons. The van der Waals surface area contributed by atoms with Gasteiger partial charge in [-0.05, 0) is 31.4 Å². The van der Waals surface area contributed by atoms with Gasteiger partial charge in [0.05, 0.1) is 21.8 Å². The summed E-state index contributed by atoms with van der Waals surface area (Å²) < 4.78 is 5.30. The minimum Gasteiger partial charge on any atom is -0.250 e. The van der Waals surface area contributed by atoms with Crippen molar-refractivity contribution in [3.05, 3.63) is 46.4 Å². The number of hydrogen-bond acceptors (Lipinski definition) is 6. The van der Waals surface area contributed by atoms with E-state index in [1.165, 1.54) is 0 Å². The molecule has 5 aromatic rings. The van der Waals surface area contributed by atoms with E-state index in [-0.39, 0.29) is 0 Å². The van der Waals surface area contributed by atoms with Gasteiger partial charge in [-0.1, -0.05) is 11.6 Å². The molecule has 0 amide bonds. The highest BCUT2D eigenvalue weighted by molar-refractivity contribution is 7.16. The molecule has 5 rings (SSSR count). The average Bonchev–Trinajstić information content (AvgIpc) is 3.38. The summed E-state index contributed by atoms with van der Waals surface area (Å²) in [7, 11) is 0. The SMILES string of the molecule is Cc1nn(Cn2ccc(-c3nc4c5ccsc5ncn4n3)n2)c(C)c1Cl. The molecule has 0 bridgehead atoms. The van der Waals surface area contributed by atoms with Crippen LogP contribution in [0.15, 0.2) is 30.0 Å². The van der Waals surface area contributed by atoms with Gasteiger partial charge in [0.15, 0.2) is 5.65 Å². The lowest BCUT2D eigenvalue weighted by Crippen LogP contribution is -2.11. The molecule has 0 saturated heterocycles. The largest absolute Gasteiger partial charge is 0.250 e. The average molecular weight is 385 g/mol. The standard InChI is InChI=1S/C16H13ClN8S/c1-9-13(17)10(2)25(20-9)8-23-5-3-12(21-23)14-19-15-11-4-6-26-16(11)18-7-24(15)22-14/h3-7H,8H2,1-2H3. The maximum absolute atomic E-state index is 6.21. The minimum absolute atomic E-state index is 0.475. The van der Waals surface area contributed by atoms with Crippen LogP contribution in [-0.2, 0) is 6.67 Å². The molecule has 0 aliphatic carbocycles. The van der Waals surface area contributed by atoms with E-state index in [9.17, 15) is 0 Å². The number of rotatable bonds is 3. The summed E-state index contributed by atoms with van der Waals surface area (Å²) >= 11 is 7.79. The number of fused-ring (bicyclic) bond motifs is 3. The van der Waals surface area contributed by atoms with Crippen molar-refractivity contribution in [1.29, 1.82) is 0 Å².